The van der Waals surface area contributed by atoms with Crippen LogP contribution >= 0.6 is 46.9 Å². The van der Waals surface area contributed by atoms with E-state index in [1.54, 1.807) is 0 Å². The van der Waals surface area contributed by atoms with Gasteiger partial charge in [-0.2, -0.15) is 0 Å². The van der Waals surface area contributed by atoms with Crippen LogP contribution in [-0.4, -0.2) is 16.3 Å². The van der Waals surface area contributed by atoms with E-state index in [1.807, 2.05) is 0 Å². The van der Waals surface area contributed by atoms with E-state index in [2.05, 4.69) is 32.3 Å². The van der Waals surface area contributed by atoms with Crippen LogP contribution in [0.15, 0.2) is 0 Å². The van der Waals surface area contributed by atoms with Gasteiger partial charge in [0, 0.05) is 0 Å². The second-order valence-electron chi connectivity index (χ2n) is 1.30. The fraction of sp³-hybridized carbons (Fsp3) is 0.333. The Morgan fingerprint density at radius 3 is 1.45 bits per heavy atom. The monoisotopic (exact) mass is 240 g/mol. The number of carbonyl (C=O) groups is 2. The molecule has 0 saturated carbocycles. The summed E-state index contributed by atoms with van der Waals surface area (Å²) < 4.78 is 4.57. The molecule has 0 fully saturated rings. The maximum atomic E-state index is 10.5. The average molecular weight is 242 g/mol. The van der Waals surface area contributed by atoms with Gasteiger partial charge < -0.3 is 8.58 Å². The molecule has 4 nitrogen and oxygen atoms in total. The lowest BCUT2D eigenvalue weighted by Gasteiger charge is -2.09. The summed E-state index contributed by atoms with van der Waals surface area (Å²) in [5.74, 6) is -2.76. The van der Waals surface area contributed by atoms with Crippen molar-refractivity contribution in [1.29, 1.82) is 0 Å². The van der Waals surface area contributed by atoms with Crippen LogP contribution in [0.3, 0.4) is 0 Å². The Hall–Kier alpha value is 0.1000. The lowest BCUT2D eigenvalue weighted by Crippen LogP contribution is -2.35. The molecule has 0 rings (SSSR count). The summed E-state index contributed by atoms with van der Waals surface area (Å²) in [6, 6.07) is 0. The molecular formula is C3Cl4O4. The van der Waals surface area contributed by atoms with Crippen LogP contribution in [0, 0.1) is 0 Å². The van der Waals surface area contributed by atoms with Gasteiger partial charge in [0.2, 0.25) is 0 Å². The molecular weight excluding hydrogens is 242 g/mol. The lowest BCUT2D eigenvalue weighted by atomic mass is 10.4. The maximum Gasteiger partial charge on any atom is 0.372 e. The van der Waals surface area contributed by atoms with E-state index < -0.39 is 16.3 Å². The summed E-state index contributed by atoms with van der Waals surface area (Å²) in [4.78, 5) is 20.9. The first-order valence-electron chi connectivity index (χ1n) is 2.00. The highest BCUT2D eigenvalue weighted by Crippen LogP contribution is 2.25. The van der Waals surface area contributed by atoms with Gasteiger partial charge in [-0.25, -0.2) is 9.59 Å². The first-order valence-corrected chi connectivity index (χ1v) is 3.38. The summed E-state index contributed by atoms with van der Waals surface area (Å²) in [7, 11) is 0. The second kappa shape index (κ2) is 4.21. The molecule has 11 heavy (non-hydrogen) atoms. The highest BCUT2D eigenvalue weighted by molar-refractivity contribution is 6.67. The third-order valence-corrected chi connectivity index (χ3v) is 1.55. The van der Waals surface area contributed by atoms with Crippen molar-refractivity contribution in [2.75, 3.05) is 0 Å². The molecule has 0 radical (unpaired) electrons. The number of hydrogen-bond donors (Lipinski definition) is 0. The van der Waals surface area contributed by atoms with Gasteiger partial charge in [0.1, 0.15) is 23.7 Å². The Morgan fingerprint density at radius 2 is 1.27 bits per heavy atom. The molecule has 0 heterocycles. The van der Waals surface area contributed by atoms with E-state index in [1.165, 1.54) is 0 Å². The highest BCUT2D eigenvalue weighted by Gasteiger charge is 2.46. The number of halogens is 4. The minimum Gasteiger partial charge on any atom is -0.344 e. The van der Waals surface area contributed by atoms with E-state index in [4.69, 9.17) is 23.2 Å². The van der Waals surface area contributed by atoms with Crippen molar-refractivity contribution in [1.82, 2.24) is 0 Å². The van der Waals surface area contributed by atoms with Gasteiger partial charge in [-0.15, -0.1) is 0 Å². The molecule has 0 aliphatic carbocycles. The minimum absolute atomic E-state index is 1.38. The molecule has 0 saturated heterocycles. The van der Waals surface area contributed by atoms with Crippen LogP contribution in [0.1, 0.15) is 0 Å². The topological polar surface area (TPSA) is 52.6 Å². The summed E-state index contributed by atoms with van der Waals surface area (Å²) >= 11 is 19.3. The number of carbonyl (C=O) groups excluding carboxylic acids is 2. The maximum absolute atomic E-state index is 10.5. The van der Waals surface area contributed by atoms with Gasteiger partial charge >= 0.3 is 16.3 Å². The van der Waals surface area contributed by atoms with Crippen LogP contribution in [0.4, 0.5) is 0 Å². The number of rotatable bonds is 2. The van der Waals surface area contributed by atoms with Crippen LogP contribution in [0.5, 0.6) is 0 Å². The quantitative estimate of drug-likeness (QED) is 0.544. The molecule has 0 spiro atoms. The molecule has 0 aromatic rings. The Balaban J connectivity index is 4.44. The van der Waals surface area contributed by atoms with Crippen molar-refractivity contribution in [3.8, 4) is 0 Å². The van der Waals surface area contributed by atoms with Gasteiger partial charge in [-0.05, 0) is 0 Å². The number of alkyl halides is 2. The summed E-state index contributed by atoms with van der Waals surface area (Å²) in [6.07, 6.45) is 0. The Kier molecular flexibility index (Phi) is 4.25. The molecule has 0 aliphatic rings. The molecule has 0 amide bonds. The molecule has 0 aromatic heterocycles. The molecule has 0 N–H and O–H groups in total. The molecule has 0 aromatic carbocycles. The Morgan fingerprint density at radius 1 is 1.00 bits per heavy atom. The fourth-order valence-corrected chi connectivity index (χ4v) is 0.724. The van der Waals surface area contributed by atoms with E-state index in [0.29, 0.717) is 0 Å². The predicted molar refractivity (Wildman–Crippen MR) is 38.3 cm³/mol. The summed E-state index contributed by atoms with van der Waals surface area (Å²) in [6.45, 7) is 0. The van der Waals surface area contributed by atoms with Gasteiger partial charge in [-0.3, -0.25) is 0 Å². The molecule has 0 atom stereocenters. The van der Waals surface area contributed by atoms with Crippen LogP contribution in [-0.2, 0) is 18.2 Å². The van der Waals surface area contributed by atoms with E-state index in [9.17, 15) is 9.59 Å². The molecule has 0 bridgehead atoms. The van der Waals surface area contributed by atoms with Crippen molar-refractivity contribution in [3.63, 3.8) is 0 Å². The van der Waals surface area contributed by atoms with Gasteiger partial charge in [-0.1, -0.05) is 23.2 Å². The number of hydrogen-bond acceptors (Lipinski definition) is 4. The molecule has 64 valence electrons. The lowest BCUT2D eigenvalue weighted by molar-refractivity contribution is -0.145. The minimum atomic E-state index is -2.52. The standard InChI is InChI=1S/C3Cl4O4/c4-3(5,1(8)10-6)2(9)11-7. The average Bonchev–Trinajstić information content (AvgIpc) is 2.01. The summed E-state index contributed by atoms with van der Waals surface area (Å²) in [5.41, 5.74) is 0. The Bertz CT molecular complexity index is 160. The van der Waals surface area contributed by atoms with Crippen molar-refractivity contribution < 1.29 is 18.2 Å². The van der Waals surface area contributed by atoms with Gasteiger partial charge in [0.05, 0.1) is 0 Å². The smallest absolute Gasteiger partial charge is 0.344 e. The first-order chi connectivity index (χ1) is 4.96. The SMILES string of the molecule is O=C(OCl)C(Cl)(Cl)C(=O)OCl. The van der Waals surface area contributed by atoms with Gasteiger partial charge in [0.25, 0.3) is 0 Å². The fourth-order valence-electron chi connectivity index (χ4n) is 0.180. The van der Waals surface area contributed by atoms with Crippen LogP contribution in [0.25, 0.3) is 0 Å². The van der Waals surface area contributed by atoms with E-state index in [-0.39, 0.29) is 0 Å². The van der Waals surface area contributed by atoms with Crippen molar-refractivity contribution in [2.24, 2.45) is 0 Å². The summed E-state index contributed by atoms with van der Waals surface area (Å²) in [5, 5.41) is 0. The largest absolute Gasteiger partial charge is 0.372 e. The first kappa shape index (κ1) is 11.1. The predicted octanol–water partition coefficient (Wildman–Crippen LogP) is 1.55. The van der Waals surface area contributed by atoms with Crippen molar-refractivity contribution >= 4 is 58.9 Å². The zero-order valence-electron chi connectivity index (χ0n) is 4.64. The van der Waals surface area contributed by atoms with Gasteiger partial charge in [0.15, 0.2) is 0 Å². The third kappa shape index (κ3) is 2.56. The van der Waals surface area contributed by atoms with Crippen molar-refractivity contribution in [3.05, 3.63) is 0 Å². The Labute approximate surface area is 81.6 Å². The molecule has 0 unspecified atom stereocenters. The van der Waals surface area contributed by atoms with Crippen molar-refractivity contribution in [2.45, 2.75) is 4.33 Å². The normalized spacial score (nSPS) is 10.5. The third-order valence-electron chi connectivity index (χ3n) is 0.653. The van der Waals surface area contributed by atoms with E-state index in [0.717, 1.165) is 0 Å². The molecule has 0 aliphatic heterocycles. The van der Waals surface area contributed by atoms with Crippen LogP contribution in [0.2, 0.25) is 0 Å². The van der Waals surface area contributed by atoms with E-state index >= 15 is 0 Å². The second-order valence-corrected chi connectivity index (χ2v) is 2.94. The van der Waals surface area contributed by atoms with Crippen LogP contribution < -0.4 is 0 Å². The highest BCUT2D eigenvalue weighted by atomic mass is 35.5. The zero-order valence-corrected chi connectivity index (χ0v) is 7.67. The molecule has 8 heteroatoms. The zero-order chi connectivity index (χ0) is 9.07.